The second kappa shape index (κ2) is 3.97. The molecule has 3 nitrogen and oxygen atoms in total. The van der Waals surface area contributed by atoms with E-state index >= 15 is 0 Å². The molecule has 2 N–H and O–H groups in total. The monoisotopic (exact) mass is 211 g/mol. The van der Waals surface area contributed by atoms with Gasteiger partial charge >= 0.3 is 5.97 Å². The van der Waals surface area contributed by atoms with Crippen molar-refractivity contribution in [1.82, 2.24) is 0 Å². The molecular weight excluding hydrogens is 190 g/mol. The fraction of sp³-hybridized carbons (Fsp3) is 0.750. The van der Waals surface area contributed by atoms with Crippen LogP contribution in [0.3, 0.4) is 0 Å². The molecular formula is C12H21NO2. The van der Waals surface area contributed by atoms with Crippen LogP contribution < -0.4 is 5.73 Å². The first-order valence-corrected chi connectivity index (χ1v) is 5.43. The first kappa shape index (κ1) is 12.2. The van der Waals surface area contributed by atoms with Crippen LogP contribution in [0.15, 0.2) is 12.7 Å². The molecule has 2 atom stereocenters. The average Bonchev–Trinajstić information content (AvgIpc) is 2.72. The van der Waals surface area contributed by atoms with E-state index in [0.29, 0.717) is 0 Å². The van der Waals surface area contributed by atoms with Crippen molar-refractivity contribution < 1.29 is 9.53 Å². The fourth-order valence-electron chi connectivity index (χ4n) is 1.65. The van der Waals surface area contributed by atoms with Crippen LogP contribution >= 0.6 is 0 Å². The van der Waals surface area contributed by atoms with Gasteiger partial charge in [0.1, 0.15) is 11.1 Å². The fourth-order valence-corrected chi connectivity index (χ4v) is 1.65. The second-order valence-corrected chi connectivity index (χ2v) is 5.31. The summed E-state index contributed by atoms with van der Waals surface area (Å²) in [4.78, 5) is 11.7. The Morgan fingerprint density at radius 1 is 1.67 bits per heavy atom. The van der Waals surface area contributed by atoms with Crippen LogP contribution in [-0.4, -0.2) is 17.1 Å². The van der Waals surface area contributed by atoms with E-state index in [2.05, 4.69) is 6.58 Å². The number of nitrogens with two attached hydrogens (primary N) is 1. The standard InChI is InChI=1S/C12H21NO2/c1-5-6-7-9-8-12(9,13)10(14)15-11(2,3)4/h5,9H,1,6-8,13H2,2-4H3/t9-,12-/m1/s1. The molecule has 1 saturated carbocycles. The Balaban J connectivity index is 2.45. The number of ether oxygens (including phenoxy) is 1. The van der Waals surface area contributed by atoms with Crippen molar-refractivity contribution in [2.24, 2.45) is 11.7 Å². The van der Waals surface area contributed by atoms with Gasteiger partial charge in [0.25, 0.3) is 0 Å². The Hall–Kier alpha value is -0.830. The van der Waals surface area contributed by atoms with Crippen molar-refractivity contribution in [3.05, 3.63) is 12.7 Å². The molecule has 1 aliphatic rings. The molecule has 0 aromatic heterocycles. The Labute approximate surface area is 91.7 Å². The van der Waals surface area contributed by atoms with E-state index in [0.717, 1.165) is 19.3 Å². The van der Waals surface area contributed by atoms with Gasteiger partial charge < -0.3 is 10.5 Å². The highest BCUT2D eigenvalue weighted by Gasteiger charge is 2.58. The molecule has 1 aliphatic carbocycles. The van der Waals surface area contributed by atoms with Crippen LogP contribution in [-0.2, 0) is 9.53 Å². The third-order valence-corrected chi connectivity index (χ3v) is 2.65. The van der Waals surface area contributed by atoms with E-state index in [1.807, 2.05) is 26.8 Å². The molecule has 1 rings (SSSR count). The minimum Gasteiger partial charge on any atom is -0.459 e. The molecule has 0 unspecified atom stereocenters. The summed E-state index contributed by atoms with van der Waals surface area (Å²) in [6.07, 6.45) is 4.44. The van der Waals surface area contributed by atoms with Crippen molar-refractivity contribution in [1.29, 1.82) is 0 Å². The first-order valence-electron chi connectivity index (χ1n) is 5.43. The van der Waals surface area contributed by atoms with Gasteiger partial charge in [-0.05, 0) is 46.0 Å². The van der Waals surface area contributed by atoms with Crippen LogP contribution in [0.25, 0.3) is 0 Å². The smallest absolute Gasteiger partial charge is 0.326 e. The second-order valence-electron chi connectivity index (χ2n) is 5.31. The summed E-state index contributed by atoms with van der Waals surface area (Å²) < 4.78 is 5.29. The molecule has 0 aromatic rings. The zero-order chi connectivity index (χ0) is 11.7. The third-order valence-electron chi connectivity index (χ3n) is 2.65. The normalized spacial score (nSPS) is 29.7. The SMILES string of the molecule is C=CCC[C@@H]1C[C@]1(N)C(=O)OC(C)(C)C. The molecule has 0 saturated heterocycles. The zero-order valence-corrected chi connectivity index (χ0v) is 9.88. The Morgan fingerprint density at radius 2 is 2.27 bits per heavy atom. The lowest BCUT2D eigenvalue weighted by Gasteiger charge is -2.22. The number of allylic oxidation sites excluding steroid dienone is 1. The average molecular weight is 211 g/mol. The van der Waals surface area contributed by atoms with Crippen molar-refractivity contribution in [3.63, 3.8) is 0 Å². The lowest BCUT2D eigenvalue weighted by Crippen LogP contribution is -2.41. The molecule has 1 fully saturated rings. The van der Waals surface area contributed by atoms with Gasteiger partial charge in [0.2, 0.25) is 0 Å². The predicted molar refractivity (Wildman–Crippen MR) is 60.3 cm³/mol. The molecule has 86 valence electrons. The van der Waals surface area contributed by atoms with Crippen LogP contribution in [0.5, 0.6) is 0 Å². The minimum absolute atomic E-state index is 0.260. The van der Waals surface area contributed by atoms with Crippen LogP contribution in [0.4, 0.5) is 0 Å². The van der Waals surface area contributed by atoms with Crippen LogP contribution in [0, 0.1) is 5.92 Å². The summed E-state index contributed by atoms with van der Waals surface area (Å²) in [6.45, 7) is 9.23. The Bertz CT molecular complexity index is 267. The zero-order valence-electron chi connectivity index (χ0n) is 9.88. The molecule has 3 heteroatoms. The molecule has 0 aliphatic heterocycles. The highest BCUT2D eigenvalue weighted by molar-refractivity contribution is 5.85. The highest BCUT2D eigenvalue weighted by atomic mass is 16.6. The van der Waals surface area contributed by atoms with E-state index in [1.165, 1.54) is 0 Å². The van der Waals surface area contributed by atoms with Crippen LogP contribution in [0.1, 0.15) is 40.0 Å². The lowest BCUT2D eigenvalue weighted by molar-refractivity contribution is -0.158. The molecule has 0 aromatic carbocycles. The Morgan fingerprint density at radius 3 is 2.73 bits per heavy atom. The number of esters is 1. The van der Waals surface area contributed by atoms with Gasteiger partial charge in [0.15, 0.2) is 0 Å². The van der Waals surface area contributed by atoms with Gasteiger partial charge in [-0.15, -0.1) is 6.58 Å². The van der Waals surface area contributed by atoms with Crippen molar-refractivity contribution in [3.8, 4) is 0 Å². The van der Waals surface area contributed by atoms with Gasteiger partial charge in [-0.1, -0.05) is 6.08 Å². The van der Waals surface area contributed by atoms with Crippen molar-refractivity contribution in [2.75, 3.05) is 0 Å². The number of rotatable bonds is 4. The van der Waals surface area contributed by atoms with Gasteiger partial charge in [-0.3, -0.25) is 4.79 Å². The maximum atomic E-state index is 11.7. The van der Waals surface area contributed by atoms with Gasteiger partial charge in [0, 0.05) is 0 Å². The van der Waals surface area contributed by atoms with E-state index in [-0.39, 0.29) is 11.9 Å². The summed E-state index contributed by atoms with van der Waals surface area (Å²) in [5.41, 5.74) is 4.80. The van der Waals surface area contributed by atoms with E-state index in [9.17, 15) is 4.79 Å². The first-order chi connectivity index (χ1) is 6.79. The summed E-state index contributed by atoms with van der Waals surface area (Å²) in [5.74, 6) is 0.00872. The van der Waals surface area contributed by atoms with Crippen molar-refractivity contribution in [2.45, 2.75) is 51.2 Å². The maximum absolute atomic E-state index is 11.7. The number of hydrogen-bond donors (Lipinski definition) is 1. The molecule has 0 heterocycles. The molecule has 0 radical (unpaired) electrons. The number of carbonyl (C=O) groups excluding carboxylic acids is 1. The van der Waals surface area contributed by atoms with Crippen molar-refractivity contribution >= 4 is 5.97 Å². The Kier molecular flexibility index (Phi) is 3.24. The molecule has 0 amide bonds. The minimum atomic E-state index is -0.726. The van der Waals surface area contributed by atoms with E-state index in [1.54, 1.807) is 0 Å². The summed E-state index contributed by atoms with van der Waals surface area (Å²) in [7, 11) is 0. The summed E-state index contributed by atoms with van der Waals surface area (Å²) in [5, 5.41) is 0. The van der Waals surface area contributed by atoms with E-state index < -0.39 is 11.1 Å². The number of hydrogen-bond acceptors (Lipinski definition) is 3. The van der Waals surface area contributed by atoms with Gasteiger partial charge in [0.05, 0.1) is 0 Å². The molecule has 15 heavy (non-hydrogen) atoms. The lowest BCUT2D eigenvalue weighted by atomic mass is 10.1. The summed E-state index contributed by atoms with van der Waals surface area (Å²) >= 11 is 0. The largest absolute Gasteiger partial charge is 0.459 e. The molecule has 0 spiro atoms. The molecule has 0 bridgehead atoms. The topological polar surface area (TPSA) is 52.3 Å². The van der Waals surface area contributed by atoms with Gasteiger partial charge in [-0.2, -0.15) is 0 Å². The summed E-state index contributed by atoms with van der Waals surface area (Å²) in [6, 6.07) is 0. The maximum Gasteiger partial charge on any atom is 0.326 e. The van der Waals surface area contributed by atoms with Gasteiger partial charge in [-0.25, -0.2) is 0 Å². The quantitative estimate of drug-likeness (QED) is 0.571. The third kappa shape index (κ3) is 3.06. The van der Waals surface area contributed by atoms with Crippen LogP contribution in [0.2, 0.25) is 0 Å². The predicted octanol–water partition coefficient (Wildman–Crippen LogP) is 2.01. The number of carbonyl (C=O) groups is 1. The van der Waals surface area contributed by atoms with E-state index in [4.69, 9.17) is 10.5 Å². The highest BCUT2D eigenvalue weighted by Crippen LogP contribution is 2.45.